The van der Waals surface area contributed by atoms with Crippen molar-refractivity contribution >= 4 is 44.3 Å². The number of carboxylic acids is 1. The van der Waals surface area contributed by atoms with Crippen molar-refractivity contribution in [3.8, 4) is 0 Å². The Balaban J connectivity index is 2.03. The molecular formula is C14H11BrN2O3S. The Bertz CT molecular complexity index is 878. The summed E-state index contributed by atoms with van der Waals surface area (Å²) >= 11 is 5.01. The number of hydrogen-bond donors (Lipinski definition) is 2. The summed E-state index contributed by atoms with van der Waals surface area (Å²) in [6.07, 6.45) is 0.678. The van der Waals surface area contributed by atoms with Crippen molar-refractivity contribution < 1.29 is 9.90 Å². The Hall–Kier alpha value is -1.86. The maximum atomic E-state index is 12.0. The molecule has 0 atom stereocenters. The molecule has 0 spiro atoms. The van der Waals surface area contributed by atoms with E-state index in [4.69, 9.17) is 0 Å². The second kappa shape index (κ2) is 5.50. The van der Waals surface area contributed by atoms with Gasteiger partial charge in [-0.25, -0.2) is 9.59 Å². The number of fused-ring (bicyclic) bond motifs is 1. The standard InChI is InChI=1S/C14H11BrN2O3S/c15-11-5-4-8(21-11)6-7-17-12-9(13(18)19)2-1-3-10(12)16-14(17)20/h1-5H,6-7H2,(H,16,20)(H,18,19). The molecule has 0 unspecified atom stereocenters. The summed E-state index contributed by atoms with van der Waals surface area (Å²) in [5, 5.41) is 9.27. The Morgan fingerprint density at radius 1 is 1.33 bits per heavy atom. The number of hydrogen-bond acceptors (Lipinski definition) is 3. The molecule has 0 saturated carbocycles. The lowest BCUT2D eigenvalue weighted by Crippen LogP contribution is -2.18. The average molecular weight is 367 g/mol. The number of nitrogens with zero attached hydrogens (tertiary/aromatic N) is 1. The lowest BCUT2D eigenvalue weighted by molar-refractivity contribution is 0.0698. The van der Waals surface area contributed by atoms with Crippen LogP contribution in [0.1, 0.15) is 15.2 Å². The minimum Gasteiger partial charge on any atom is -0.478 e. The summed E-state index contributed by atoms with van der Waals surface area (Å²) < 4.78 is 2.53. The number of carboxylic acid groups (broad SMARTS) is 1. The van der Waals surface area contributed by atoms with Crippen LogP contribution in [0.15, 0.2) is 38.9 Å². The smallest absolute Gasteiger partial charge is 0.337 e. The zero-order valence-electron chi connectivity index (χ0n) is 10.8. The monoisotopic (exact) mass is 366 g/mol. The molecule has 0 amide bonds. The van der Waals surface area contributed by atoms with E-state index in [1.54, 1.807) is 23.5 Å². The molecule has 21 heavy (non-hydrogen) atoms. The lowest BCUT2D eigenvalue weighted by atomic mass is 10.2. The molecule has 7 heteroatoms. The van der Waals surface area contributed by atoms with Gasteiger partial charge in [-0.15, -0.1) is 11.3 Å². The van der Waals surface area contributed by atoms with Gasteiger partial charge in [0, 0.05) is 11.4 Å². The molecule has 2 N–H and O–H groups in total. The molecular weight excluding hydrogens is 356 g/mol. The molecule has 0 aliphatic rings. The maximum Gasteiger partial charge on any atom is 0.337 e. The Labute approximate surface area is 132 Å². The molecule has 0 saturated heterocycles. The van der Waals surface area contributed by atoms with Crippen LogP contribution in [-0.2, 0) is 13.0 Å². The molecule has 3 rings (SSSR count). The predicted octanol–water partition coefficient (Wildman–Crippen LogP) is 3.09. The van der Waals surface area contributed by atoms with Crippen molar-refractivity contribution in [2.24, 2.45) is 0 Å². The van der Waals surface area contributed by atoms with Gasteiger partial charge < -0.3 is 10.1 Å². The maximum absolute atomic E-state index is 12.0. The average Bonchev–Trinajstić information content (AvgIpc) is 2.98. The van der Waals surface area contributed by atoms with Crippen molar-refractivity contribution in [1.29, 1.82) is 0 Å². The van der Waals surface area contributed by atoms with Crippen LogP contribution in [0.4, 0.5) is 0 Å². The van der Waals surface area contributed by atoms with Crippen LogP contribution in [0, 0.1) is 0 Å². The third kappa shape index (κ3) is 2.66. The first-order chi connectivity index (χ1) is 10.1. The largest absolute Gasteiger partial charge is 0.478 e. The van der Waals surface area contributed by atoms with E-state index in [1.807, 2.05) is 12.1 Å². The Morgan fingerprint density at radius 3 is 2.81 bits per heavy atom. The third-order valence-corrected chi connectivity index (χ3v) is 4.92. The van der Waals surface area contributed by atoms with Gasteiger partial charge in [-0.05, 0) is 46.6 Å². The normalized spacial score (nSPS) is 11.1. The van der Waals surface area contributed by atoms with E-state index in [0.29, 0.717) is 24.0 Å². The number of H-pyrrole nitrogens is 1. The minimum atomic E-state index is -1.03. The molecule has 2 heterocycles. The Kier molecular flexibility index (Phi) is 3.69. The summed E-state index contributed by atoms with van der Waals surface area (Å²) in [5.41, 5.74) is 0.852. The second-order valence-corrected chi connectivity index (χ2v) is 7.09. The fourth-order valence-electron chi connectivity index (χ4n) is 2.31. The van der Waals surface area contributed by atoms with E-state index in [-0.39, 0.29) is 11.3 Å². The third-order valence-electron chi connectivity index (χ3n) is 3.23. The molecule has 0 fully saturated rings. The molecule has 0 radical (unpaired) electrons. The Morgan fingerprint density at radius 2 is 2.14 bits per heavy atom. The number of aromatic amines is 1. The van der Waals surface area contributed by atoms with E-state index in [0.717, 1.165) is 8.66 Å². The van der Waals surface area contributed by atoms with Gasteiger partial charge in [0.25, 0.3) is 0 Å². The summed E-state index contributed by atoms with van der Waals surface area (Å²) in [7, 11) is 0. The number of halogens is 1. The highest BCUT2D eigenvalue weighted by Crippen LogP contribution is 2.23. The second-order valence-electron chi connectivity index (χ2n) is 4.54. The quantitative estimate of drug-likeness (QED) is 0.744. The van der Waals surface area contributed by atoms with Crippen LogP contribution < -0.4 is 5.69 Å². The van der Waals surface area contributed by atoms with Crippen LogP contribution in [0.3, 0.4) is 0 Å². The van der Waals surface area contributed by atoms with Crippen LogP contribution in [-0.4, -0.2) is 20.6 Å². The number of carbonyl (C=O) groups is 1. The number of imidazole rings is 1. The highest BCUT2D eigenvalue weighted by Gasteiger charge is 2.15. The number of aromatic carboxylic acids is 1. The van der Waals surface area contributed by atoms with Crippen LogP contribution in [0.2, 0.25) is 0 Å². The number of nitrogens with one attached hydrogen (secondary N) is 1. The summed E-state index contributed by atoms with van der Waals surface area (Å²) in [6, 6.07) is 8.80. The van der Waals surface area contributed by atoms with Gasteiger partial charge in [-0.2, -0.15) is 0 Å². The fourth-order valence-corrected chi connectivity index (χ4v) is 3.79. The minimum absolute atomic E-state index is 0.137. The van der Waals surface area contributed by atoms with Crippen molar-refractivity contribution in [3.63, 3.8) is 0 Å². The van der Waals surface area contributed by atoms with Gasteiger partial charge in [0.1, 0.15) is 0 Å². The van der Waals surface area contributed by atoms with Gasteiger partial charge in [-0.1, -0.05) is 6.07 Å². The zero-order chi connectivity index (χ0) is 15.0. The van der Waals surface area contributed by atoms with E-state index in [1.165, 1.54) is 10.6 Å². The first kappa shape index (κ1) is 14.1. The number of rotatable bonds is 4. The number of aryl methyl sites for hydroxylation is 2. The topological polar surface area (TPSA) is 75.1 Å². The van der Waals surface area contributed by atoms with Gasteiger partial charge in [0.15, 0.2) is 0 Å². The first-order valence-electron chi connectivity index (χ1n) is 6.25. The molecule has 0 bridgehead atoms. The molecule has 0 aliphatic carbocycles. The van der Waals surface area contributed by atoms with Crippen molar-refractivity contribution in [3.05, 3.63) is 55.0 Å². The van der Waals surface area contributed by atoms with Gasteiger partial charge in [-0.3, -0.25) is 4.57 Å². The molecule has 108 valence electrons. The molecule has 5 nitrogen and oxygen atoms in total. The van der Waals surface area contributed by atoms with Crippen LogP contribution >= 0.6 is 27.3 Å². The molecule has 0 aliphatic heterocycles. The highest BCUT2D eigenvalue weighted by molar-refractivity contribution is 9.11. The first-order valence-corrected chi connectivity index (χ1v) is 7.86. The number of para-hydroxylation sites is 1. The molecule has 1 aromatic carbocycles. The van der Waals surface area contributed by atoms with Crippen molar-refractivity contribution in [1.82, 2.24) is 9.55 Å². The summed E-state index contributed by atoms with van der Waals surface area (Å²) in [6.45, 7) is 0.441. The fraction of sp³-hybridized carbons (Fsp3) is 0.143. The SMILES string of the molecule is O=C(O)c1cccc2[nH]c(=O)n(CCc3ccc(Br)s3)c12. The van der Waals surface area contributed by atoms with E-state index in [2.05, 4.69) is 20.9 Å². The zero-order valence-corrected chi connectivity index (χ0v) is 13.2. The molecule has 3 aromatic rings. The summed E-state index contributed by atoms with van der Waals surface area (Å²) in [4.78, 5) is 27.2. The number of benzene rings is 1. The summed E-state index contributed by atoms with van der Waals surface area (Å²) in [5.74, 6) is -1.03. The highest BCUT2D eigenvalue weighted by atomic mass is 79.9. The van der Waals surface area contributed by atoms with Crippen LogP contribution in [0.5, 0.6) is 0 Å². The van der Waals surface area contributed by atoms with E-state index >= 15 is 0 Å². The number of thiophene rings is 1. The van der Waals surface area contributed by atoms with E-state index in [9.17, 15) is 14.7 Å². The van der Waals surface area contributed by atoms with Crippen molar-refractivity contribution in [2.45, 2.75) is 13.0 Å². The lowest BCUT2D eigenvalue weighted by Gasteiger charge is -2.04. The van der Waals surface area contributed by atoms with Gasteiger partial charge in [0.05, 0.1) is 20.4 Å². The number of aromatic nitrogens is 2. The van der Waals surface area contributed by atoms with Gasteiger partial charge in [0.2, 0.25) is 0 Å². The van der Waals surface area contributed by atoms with Crippen LogP contribution in [0.25, 0.3) is 11.0 Å². The van der Waals surface area contributed by atoms with E-state index < -0.39 is 5.97 Å². The molecule has 2 aromatic heterocycles. The predicted molar refractivity (Wildman–Crippen MR) is 85.2 cm³/mol. The van der Waals surface area contributed by atoms with Gasteiger partial charge >= 0.3 is 11.7 Å². The van der Waals surface area contributed by atoms with Crippen molar-refractivity contribution in [2.75, 3.05) is 0 Å².